The molecule has 2 heterocycles. The number of nitrogens with one attached hydrogen (secondary N) is 2. The van der Waals surface area contributed by atoms with Crippen LogP contribution in [0.2, 0.25) is 0 Å². The second kappa shape index (κ2) is 7.41. The quantitative estimate of drug-likeness (QED) is 0.780. The molecule has 23 heavy (non-hydrogen) atoms. The Morgan fingerprint density at radius 2 is 1.96 bits per heavy atom. The molecule has 0 aliphatic carbocycles. The Morgan fingerprint density at radius 3 is 2.57 bits per heavy atom. The Morgan fingerprint density at radius 1 is 1.30 bits per heavy atom. The molecule has 1 unspecified atom stereocenters. The molecule has 1 fully saturated rings. The van der Waals surface area contributed by atoms with Crippen molar-refractivity contribution in [2.24, 2.45) is 0 Å². The second-order valence-electron chi connectivity index (χ2n) is 5.51. The van der Waals surface area contributed by atoms with Crippen LogP contribution < -0.4 is 10.0 Å². The number of thiophene rings is 1. The number of sulfonamides is 1. The third-order valence-corrected chi connectivity index (χ3v) is 6.65. The molecular formula is C14H21N3O4S2. The van der Waals surface area contributed by atoms with Crippen LogP contribution >= 0.6 is 11.3 Å². The van der Waals surface area contributed by atoms with E-state index in [1.807, 2.05) is 0 Å². The van der Waals surface area contributed by atoms with E-state index in [9.17, 15) is 18.0 Å². The Bertz CT molecular complexity index is 678. The average Bonchev–Trinajstić information content (AvgIpc) is 3.15. The standard InChI is InChI=1S/C14H21N3O4S2/c1-10(14(19)17-7-3-4-8-17)16-23(20,21)13-6-5-12(22-13)9-15-11(2)18/h5-6,10,16H,3-4,7-9H2,1-2H3,(H,15,18). The monoisotopic (exact) mass is 359 g/mol. The van der Waals surface area contributed by atoms with Gasteiger partial charge in [0.05, 0.1) is 12.6 Å². The van der Waals surface area contributed by atoms with Gasteiger partial charge in [0.1, 0.15) is 4.21 Å². The van der Waals surface area contributed by atoms with Gasteiger partial charge < -0.3 is 10.2 Å². The fraction of sp³-hybridized carbons (Fsp3) is 0.571. The van der Waals surface area contributed by atoms with Crippen molar-refractivity contribution in [1.82, 2.24) is 14.9 Å². The van der Waals surface area contributed by atoms with Gasteiger partial charge in [0.25, 0.3) is 10.0 Å². The van der Waals surface area contributed by atoms with Gasteiger partial charge in [0.15, 0.2) is 0 Å². The minimum Gasteiger partial charge on any atom is -0.351 e. The van der Waals surface area contributed by atoms with E-state index >= 15 is 0 Å². The summed E-state index contributed by atoms with van der Waals surface area (Å²) < 4.78 is 27.3. The highest BCUT2D eigenvalue weighted by atomic mass is 32.2. The van der Waals surface area contributed by atoms with Crippen molar-refractivity contribution in [1.29, 1.82) is 0 Å². The SMILES string of the molecule is CC(=O)NCc1ccc(S(=O)(=O)NC(C)C(=O)N2CCCC2)s1. The molecule has 2 amide bonds. The molecule has 0 radical (unpaired) electrons. The summed E-state index contributed by atoms with van der Waals surface area (Å²) in [5.41, 5.74) is 0. The van der Waals surface area contributed by atoms with Crippen LogP contribution in [0.1, 0.15) is 31.6 Å². The zero-order chi connectivity index (χ0) is 17.0. The van der Waals surface area contributed by atoms with Gasteiger partial charge in [-0.15, -0.1) is 11.3 Å². The van der Waals surface area contributed by atoms with Crippen LogP contribution in [0.4, 0.5) is 0 Å². The lowest BCUT2D eigenvalue weighted by molar-refractivity contribution is -0.131. The Kier molecular flexibility index (Phi) is 5.77. The Balaban J connectivity index is 2.00. The zero-order valence-corrected chi connectivity index (χ0v) is 14.8. The molecule has 1 atom stereocenters. The third-order valence-electron chi connectivity index (χ3n) is 3.53. The van der Waals surface area contributed by atoms with Gasteiger partial charge in [0, 0.05) is 24.9 Å². The van der Waals surface area contributed by atoms with Crippen molar-refractivity contribution in [3.05, 3.63) is 17.0 Å². The van der Waals surface area contributed by atoms with Gasteiger partial charge in [-0.05, 0) is 31.9 Å². The number of hydrogen-bond donors (Lipinski definition) is 2. The van der Waals surface area contributed by atoms with E-state index in [1.54, 1.807) is 17.9 Å². The van der Waals surface area contributed by atoms with Crippen LogP contribution in [0.5, 0.6) is 0 Å². The summed E-state index contributed by atoms with van der Waals surface area (Å²) in [6.45, 7) is 4.62. The minimum absolute atomic E-state index is 0.138. The molecule has 2 N–H and O–H groups in total. The number of carbonyl (C=O) groups excluding carboxylic acids is 2. The average molecular weight is 359 g/mol. The van der Waals surface area contributed by atoms with Crippen molar-refractivity contribution in [3.8, 4) is 0 Å². The fourth-order valence-corrected chi connectivity index (χ4v) is 4.87. The van der Waals surface area contributed by atoms with Gasteiger partial charge in [-0.3, -0.25) is 9.59 Å². The third kappa shape index (κ3) is 4.76. The summed E-state index contributed by atoms with van der Waals surface area (Å²) in [7, 11) is -3.74. The first-order valence-electron chi connectivity index (χ1n) is 7.44. The molecular weight excluding hydrogens is 338 g/mol. The van der Waals surface area contributed by atoms with Crippen LogP contribution in [0.25, 0.3) is 0 Å². The van der Waals surface area contributed by atoms with Gasteiger partial charge in [-0.2, -0.15) is 4.72 Å². The second-order valence-corrected chi connectivity index (χ2v) is 8.62. The molecule has 7 nitrogen and oxygen atoms in total. The number of amides is 2. The molecule has 0 saturated carbocycles. The van der Waals surface area contributed by atoms with Gasteiger partial charge in [-0.1, -0.05) is 0 Å². The van der Waals surface area contributed by atoms with Crippen LogP contribution in [-0.2, 0) is 26.2 Å². The predicted molar refractivity (Wildman–Crippen MR) is 87.4 cm³/mol. The zero-order valence-electron chi connectivity index (χ0n) is 13.2. The number of likely N-dealkylation sites (tertiary alicyclic amines) is 1. The predicted octanol–water partition coefficient (Wildman–Crippen LogP) is 0.673. The van der Waals surface area contributed by atoms with Crippen molar-refractivity contribution in [3.63, 3.8) is 0 Å². The molecule has 1 aliphatic heterocycles. The molecule has 1 aliphatic rings. The van der Waals surface area contributed by atoms with E-state index in [0.29, 0.717) is 13.1 Å². The van der Waals surface area contributed by atoms with Gasteiger partial charge >= 0.3 is 0 Å². The molecule has 0 bridgehead atoms. The van der Waals surface area contributed by atoms with Crippen LogP contribution in [0, 0.1) is 0 Å². The summed E-state index contributed by atoms with van der Waals surface area (Å²) in [6, 6.07) is 2.35. The maximum absolute atomic E-state index is 12.4. The first-order chi connectivity index (χ1) is 10.8. The maximum atomic E-state index is 12.4. The largest absolute Gasteiger partial charge is 0.351 e. The summed E-state index contributed by atoms with van der Waals surface area (Å²) in [5.74, 6) is -0.369. The molecule has 2 rings (SSSR count). The Hall–Kier alpha value is -1.45. The van der Waals surface area contributed by atoms with E-state index < -0.39 is 16.1 Å². The first kappa shape index (κ1) is 17.9. The topological polar surface area (TPSA) is 95.6 Å². The molecule has 1 aromatic rings. The van der Waals surface area contributed by atoms with E-state index in [4.69, 9.17) is 0 Å². The van der Waals surface area contributed by atoms with Crippen molar-refractivity contribution in [2.75, 3.05) is 13.1 Å². The van der Waals surface area contributed by atoms with Crippen molar-refractivity contribution in [2.45, 2.75) is 43.5 Å². The van der Waals surface area contributed by atoms with Crippen molar-refractivity contribution >= 4 is 33.2 Å². The Labute approximate surface area is 140 Å². The van der Waals surface area contributed by atoms with E-state index in [-0.39, 0.29) is 22.6 Å². The maximum Gasteiger partial charge on any atom is 0.250 e. The van der Waals surface area contributed by atoms with E-state index in [2.05, 4.69) is 10.0 Å². The first-order valence-corrected chi connectivity index (χ1v) is 9.74. The lowest BCUT2D eigenvalue weighted by Gasteiger charge is -2.20. The van der Waals surface area contributed by atoms with Crippen LogP contribution in [0.15, 0.2) is 16.3 Å². The molecule has 0 spiro atoms. The number of nitrogens with zero attached hydrogens (tertiary/aromatic N) is 1. The van der Waals surface area contributed by atoms with Crippen molar-refractivity contribution < 1.29 is 18.0 Å². The highest BCUT2D eigenvalue weighted by Crippen LogP contribution is 2.22. The number of hydrogen-bond acceptors (Lipinski definition) is 5. The molecule has 9 heteroatoms. The molecule has 1 saturated heterocycles. The fourth-order valence-electron chi connectivity index (χ4n) is 2.36. The summed E-state index contributed by atoms with van der Waals surface area (Å²) in [6.07, 6.45) is 1.92. The lowest BCUT2D eigenvalue weighted by atomic mass is 10.3. The molecule has 128 valence electrons. The van der Waals surface area contributed by atoms with Gasteiger partial charge in [-0.25, -0.2) is 8.42 Å². The summed E-state index contributed by atoms with van der Waals surface area (Å²) >= 11 is 1.08. The minimum atomic E-state index is -3.74. The van der Waals surface area contributed by atoms with E-state index in [0.717, 1.165) is 29.1 Å². The highest BCUT2D eigenvalue weighted by Gasteiger charge is 2.28. The molecule has 1 aromatic heterocycles. The molecule has 0 aromatic carbocycles. The number of rotatable bonds is 6. The normalized spacial score (nSPS) is 16.3. The van der Waals surface area contributed by atoms with E-state index in [1.165, 1.54) is 13.0 Å². The number of carbonyl (C=O) groups is 2. The highest BCUT2D eigenvalue weighted by molar-refractivity contribution is 7.91. The van der Waals surface area contributed by atoms with Gasteiger partial charge in [0.2, 0.25) is 11.8 Å². The summed E-state index contributed by atoms with van der Waals surface area (Å²) in [5, 5.41) is 2.62. The summed E-state index contributed by atoms with van der Waals surface area (Å²) in [4.78, 5) is 25.5. The van der Waals surface area contributed by atoms with Crippen LogP contribution in [0.3, 0.4) is 0 Å². The smallest absolute Gasteiger partial charge is 0.250 e. The lowest BCUT2D eigenvalue weighted by Crippen LogP contribution is -2.45. The van der Waals surface area contributed by atoms with Crippen LogP contribution in [-0.4, -0.2) is 44.3 Å².